The molecule has 1 unspecified atom stereocenters. The number of benzene rings is 9. The second-order valence-electron chi connectivity index (χ2n) is 16.2. The first-order valence-corrected chi connectivity index (χ1v) is 22.4. The molecule has 0 amide bonds. The third-order valence-corrected chi connectivity index (χ3v) is 12.3. The molecule has 1 heterocycles. The fourth-order valence-corrected chi connectivity index (χ4v) is 9.46. The van der Waals surface area contributed by atoms with Crippen molar-refractivity contribution in [2.75, 3.05) is 0 Å². The molecular weight excluding hydrogens is 763 g/mol. The molecule has 0 radical (unpaired) electrons. The average Bonchev–Trinajstić information content (AvgIpc) is 3.36. The number of allylic oxidation sites excluding steroid dienone is 4. The molecule has 63 heavy (non-hydrogen) atoms. The topological polar surface area (TPSA) is 38.7 Å². The van der Waals surface area contributed by atoms with Gasteiger partial charge in [0.05, 0.1) is 0 Å². The Morgan fingerprint density at radius 1 is 0.492 bits per heavy atom. The van der Waals surface area contributed by atoms with E-state index in [0.29, 0.717) is 17.5 Å². The van der Waals surface area contributed by atoms with Crippen LogP contribution in [0.4, 0.5) is 0 Å². The highest BCUT2D eigenvalue weighted by atomic mass is 15.0. The van der Waals surface area contributed by atoms with Crippen LogP contribution in [0.15, 0.2) is 200 Å². The summed E-state index contributed by atoms with van der Waals surface area (Å²) in [6, 6.07) is 63.9. The lowest BCUT2D eigenvalue weighted by molar-refractivity contribution is 0.796. The second-order valence-corrected chi connectivity index (χ2v) is 16.2. The summed E-state index contributed by atoms with van der Waals surface area (Å²) < 4.78 is 0. The molecule has 1 atom stereocenters. The van der Waals surface area contributed by atoms with E-state index in [2.05, 4.69) is 189 Å². The summed E-state index contributed by atoms with van der Waals surface area (Å²) in [5.74, 6) is 2.12. The molecule has 1 aromatic heterocycles. The van der Waals surface area contributed by atoms with Crippen molar-refractivity contribution >= 4 is 32.3 Å². The van der Waals surface area contributed by atoms with Gasteiger partial charge in [-0.05, 0) is 120 Å². The quantitative estimate of drug-likeness (QED) is 0.108. The van der Waals surface area contributed by atoms with E-state index in [4.69, 9.17) is 15.0 Å². The Labute approximate surface area is 370 Å². The lowest BCUT2D eigenvalue weighted by Gasteiger charge is -2.30. The molecule has 304 valence electrons. The van der Waals surface area contributed by atoms with Crippen LogP contribution in [-0.2, 0) is 12.8 Å². The molecule has 1 aliphatic carbocycles. The molecule has 0 spiro atoms. The molecule has 0 saturated heterocycles. The minimum absolute atomic E-state index is 0.145. The van der Waals surface area contributed by atoms with Gasteiger partial charge in [-0.15, -0.1) is 0 Å². The van der Waals surface area contributed by atoms with Gasteiger partial charge in [0.1, 0.15) is 0 Å². The number of hydrogen-bond donors (Lipinski definition) is 0. The van der Waals surface area contributed by atoms with Crippen LogP contribution < -0.4 is 0 Å². The van der Waals surface area contributed by atoms with Gasteiger partial charge in [-0.2, -0.15) is 0 Å². The van der Waals surface area contributed by atoms with E-state index in [1.807, 2.05) is 32.0 Å². The van der Waals surface area contributed by atoms with E-state index in [0.717, 1.165) is 47.1 Å². The summed E-state index contributed by atoms with van der Waals surface area (Å²) in [5.41, 5.74) is 13.1. The standard InChI is InChI=1S/C58H43N3.C2H6/c1-2-3-4-5-8-17-38-32-47(39-18-9-6-10-19-39)35-48(33-38)58-60-56(42-20-11-7-12-21-42)59-57(61-58)46-26-16-25-43(34-46)51-36-44-22-13-14-27-49(44)55-50-31-30-41-24-15-23-40-28-29-45(37-52(51)55)54(50)53(40)41;1-2/h3-16,18-35,37,51H,2,17,36H2,1H3;1-2H3/b4-3-,8-5-;. The van der Waals surface area contributed by atoms with Crippen LogP contribution in [0.5, 0.6) is 0 Å². The van der Waals surface area contributed by atoms with Gasteiger partial charge in [-0.25, -0.2) is 15.0 Å². The predicted octanol–water partition coefficient (Wildman–Crippen LogP) is 15.9. The number of aromatic nitrogens is 3. The molecule has 3 heteroatoms. The van der Waals surface area contributed by atoms with E-state index in [-0.39, 0.29) is 5.92 Å². The molecule has 3 nitrogen and oxygen atoms in total. The Hall–Kier alpha value is -7.49. The van der Waals surface area contributed by atoms with Gasteiger partial charge in [0.25, 0.3) is 0 Å². The van der Waals surface area contributed by atoms with Gasteiger partial charge < -0.3 is 0 Å². The summed E-state index contributed by atoms with van der Waals surface area (Å²) in [5, 5.41) is 7.89. The Bertz CT molecular complexity index is 3270. The van der Waals surface area contributed by atoms with Crippen LogP contribution in [0.25, 0.3) is 88.7 Å². The van der Waals surface area contributed by atoms with Crippen molar-refractivity contribution in [1.29, 1.82) is 0 Å². The number of rotatable bonds is 9. The summed E-state index contributed by atoms with van der Waals surface area (Å²) >= 11 is 0. The molecule has 11 rings (SSSR count). The Kier molecular flexibility index (Phi) is 11.0. The smallest absolute Gasteiger partial charge is 0.164 e. The lowest BCUT2D eigenvalue weighted by atomic mass is 9.73. The van der Waals surface area contributed by atoms with Gasteiger partial charge in [0, 0.05) is 22.6 Å². The predicted molar refractivity (Wildman–Crippen MR) is 266 cm³/mol. The van der Waals surface area contributed by atoms with Gasteiger partial charge in [0.2, 0.25) is 0 Å². The van der Waals surface area contributed by atoms with Gasteiger partial charge in [-0.1, -0.05) is 197 Å². The molecule has 9 aromatic carbocycles. The second kappa shape index (κ2) is 17.5. The summed E-state index contributed by atoms with van der Waals surface area (Å²) in [6.45, 7) is 6.15. The van der Waals surface area contributed by atoms with Gasteiger partial charge in [-0.3, -0.25) is 0 Å². The molecule has 0 fully saturated rings. The number of nitrogens with zero attached hydrogens (tertiary/aromatic N) is 3. The van der Waals surface area contributed by atoms with Crippen molar-refractivity contribution in [3.05, 3.63) is 222 Å². The highest BCUT2D eigenvalue weighted by Gasteiger charge is 2.29. The summed E-state index contributed by atoms with van der Waals surface area (Å²) in [6.07, 6.45) is 11.4. The van der Waals surface area contributed by atoms with Crippen molar-refractivity contribution < 1.29 is 0 Å². The molecule has 1 aliphatic rings. The number of fused-ring (bicyclic) bond motifs is 4. The highest BCUT2D eigenvalue weighted by molar-refractivity contribution is 6.26. The monoisotopic (exact) mass is 811 g/mol. The first-order chi connectivity index (χ1) is 31.2. The maximum Gasteiger partial charge on any atom is 0.164 e. The number of hydrogen-bond acceptors (Lipinski definition) is 3. The van der Waals surface area contributed by atoms with Crippen molar-refractivity contribution in [1.82, 2.24) is 15.0 Å². The minimum atomic E-state index is 0.145. The van der Waals surface area contributed by atoms with E-state index in [1.54, 1.807) is 0 Å². The SMILES string of the molecule is CC.CC/C=C\C=C/Cc1cc(-c2ccccc2)cc(-c2nc(-c3ccccc3)nc(-c3cccc(C4Cc5ccccc5-c5c4cc4ccc6cccc7ccc5c4c67)c3)n2)c1. The minimum Gasteiger partial charge on any atom is -0.208 e. The maximum atomic E-state index is 5.31. The van der Waals surface area contributed by atoms with Gasteiger partial charge in [0.15, 0.2) is 17.5 Å². The normalized spacial score (nSPS) is 13.4. The molecule has 0 N–H and O–H groups in total. The van der Waals surface area contributed by atoms with E-state index < -0.39 is 0 Å². The molecule has 0 aliphatic heterocycles. The zero-order chi connectivity index (χ0) is 42.7. The zero-order valence-corrected chi connectivity index (χ0v) is 36.1. The Morgan fingerprint density at radius 2 is 1.11 bits per heavy atom. The first kappa shape index (κ1) is 39.6. The van der Waals surface area contributed by atoms with Crippen LogP contribution in [-0.4, -0.2) is 15.0 Å². The average molecular weight is 812 g/mol. The van der Waals surface area contributed by atoms with E-state index >= 15 is 0 Å². The van der Waals surface area contributed by atoms with Gasteiger partial charge >= 0.3 is 0 Å². The summed E-state index contributed by atoms with van der Waals surface area (Å²) in [7, 11) is 0. The fraction of sp³-hybridized carbons (Fsp3) is 0.117. The maximum absolute atomic E-state index is 5.31. The van der Waals surface area contributed by atoms with Crippen molar-refractivity contribution in [2.45, 2.75) is 46.0 Å². The molecule has 0 bridgehead atoms. The van der Waals surface area contributed by atoms with Crippen molar-refractivity contribution in [3.63, 3.8) is 0 Å². The first-order valence-electron chi connectivity index (χ1n) is 22.4. The highest BCUT2D eigenvalue weighted by Crippen LogP contribution is 2.49. The van der Waals surface area contributed by atoms with Crippen LogP contribution in [0, 0.1) is 0 Å². The summed E-state index contributed by atoms with van der Waals surface area (Å²) in [4.78, 5) is 15.7. The largest absolute Gasteiger partial charge is 0.208 e. The molecular formula is C60H49N3. The third kappa shape index (κ3) is 7.61. The van der Waals surface area contributed by atoms with Crippen LogP contribution >= 0.6 is 0 Å². The zero-order valence-electron chi connectivity index (χ0n) is 36.1. The molecule has 0 saturated carbocycles. The van der Waals surface area contributed by atoms with Crippen LogP contribution in [0.2, 0.25) is 0 Å². The van der Waals surface area contributed by atoms with Crippen LogP contribution in [0.3, 0.4) is 0 Å². The van der Waals surface area contributed by atoms with Crippen molar-refractivity contribution in [3.8, 4) is 56.4 Å². The van der Waals surface area contributed by atoms with E-state index in [9.17, 15) is 0 Å². The van der Waals surface area contributed by atoms with Crippen LogP contribution in [0.1, 0.15) is 55.4 Å². The lowest BCUT2D eigenvalue weighted by Crippen LogP contribution is -2.13. The molecule has 10 aromatic rings. The Balaban J connectivity index is 0.00000232. The van der Waals surface area contributed by atoms with E-state index in [1.165, 1.54) is 65.7 Å². The Morgan fingerprint density at radius 3 is 1.89 bits per heavy atom. The van der Waals surface area contributed by atoms with Crippen molar-refractivity contribution in [2.24, 2.45) is 0 Å². The fourth-order valence-electron chi connectivity index (χ4n) is 9.46. The third-order valence-electron chi connectivity index (χ3n) is 12.3.